The molecule has 84 valence electrons. The maximum absolute atomic E-state index is 5.81. The summed E-state index contributed by atoms with van der Waals surface area (Å²) < 4.78 is 2.05. The highest BCUT2D eigenvalue weighted by Gasteiger charge is 2.40. The molecule has 0 bridgehead atoms. The summed E-state index contributed by atoms with van der Waals surface area (Å²) in [5.74, 6) is 0. The largest absolute Gasteiger partial charge is 0.334 e. The molecule has 1 saturated carbocycles. The number of hydrogen-bond donors (Lipinski definition) is 1. The van der Waals surface area contributed by atoms with Crippen molar-refractivity contribution >= 4 is 11.0 Å². The number of rotatable bonds is 3. The molecule has 1 heterocycles. The zero-order valence-corrected chi connectivity index (χ0v) is 9.61. The second kappa shape index (κ2) is 3.32. The van der Waals surface area contributed by atoms with Crippen molar-refractivity contribution in [3.63, 3.8) is 0 Å². The first-order chi connectivity index (χ1) is 7.72. The van der Waals surface area contributed by atoms with Gasteiger partial charge in [-0.1, -0.05) is 6.07 Å². The summed E-state index contributed by atoms with van der Waals surface area (Å²) in [5, 5.41) is 0. The summed E-state index contributed by atoms with van der Waals surface area (Å²) in [7, 11) is 2.03. The Bertz CT molecular complexity index is 523. The fourth-order valence-corrected chi connectivity index (χ4v) is 2.35. The van der Waals surface area contributed by atoms with Crippen molar-refractivity contribution < 1.29 is 0 Å². The van der Waals surface area contributed by atoms with Gasteiger partial charge in [0.15, 0.2) is 0 Å². The number of fused-ring (bicyclic) bond motifs is 1. The van der Waals surface area contributed by atoms with E-state index < -0.39 is 0 Å². The van der Waals surface area contributed by atoms with Crippen LogP contribution < -0.4 is 5.73 Å². The van der Waals surface area contributed by atoms with Crippen molar-refractivity contribution in [2.24, 2.45) is 18.2 Å². The second-order valence-electron chi connectivity index (χ2n) is 5.06. The van der Waals surface area contributed by atoms with Gasteiger partial charge in [-0.05, 0) is 48.9 Å². The quantitative estimate of drug-likeness (QED) is 0.849. The van der Waals surface area contributed by atoms with Crippen LogP contribution in [0.2, 0.25) is 0 Å². The van der Waals surface area contributed by atoms with E-state index in [0.29, 0.717) is 5.41 Å². The number of imidazole rings is 1. The van der Waals surface area contributed by atoms with Crippen LogP contribution in [0.1, 0.15) is 18.4 Å². The van der Waals surface area contributed by atoms with Gasteiger partial charge in [0.25, 0.3) is 0 Å². The van der Waals surface area contributed by atoms with Gasteiger partial charge in [-0.15, -0.1) is 0 Å². The van der Waals surface area contributed by atoms with Crippen LogP contribution in [-0.2, 0) is 13.5 Å². The van der Waals surface area contributed by atoms with E-state index >= 15 is 0 Å². The Balaban J connectivity index is 1.93. The molecular weight excluding hydrogens is 198 g/mol. The minimum Gasteiger partial charge on any atom is -0.334 e. The Labute approximate surface area is 95.3 Å². The van der Waals surface area contributed by atoms with E-state index in [2.05, 4.69) is 27.8 Å². The van der Waals surface area contributed by atoms with E-state index in [1.807, 2.05) is 13.4 Å². The van der Waals surface area contributed by atoms with E-state index in [0.717, 1.165) is 18.5 Å². The highest BCUT2D eigenvalue weighted by molar-refractivity contribution is 5.75. The van der Waals surface area contributed by atoms with Crippen LogP contribution >= 0.6 is 0 Å². The van der Waals surface area contributed by atoms with Crippen molar-refractivity contribution in [1.29, 1.82) is 0 Å². The summed E-state index contributed by atoms with van der Waals surface area (Å²) >= 11 is 0. The third-order valence-corrected chi connectivity index (χ3v) is 3.76. The Morgan fingerprint density at radius 1 is 1.44 bits per heavy atom. The number of nitrogens with zero attached hydrogens (tertiary/aromatic N) is 2. The lowest BCUT2D eigenvalue weighted by Gasteiger charge is -2.11. The van der Waals surface area contributed by atoms with Crippen molar-refractivity contribution in [1.82, 2.24) is 9.55 Å². The number of benzene rings is 1. The first kappa shape index (κ1) is 9.85. The molecule has 1 aromatic carbocycles. The molecule has 0 amide bonds. The van der Waals surface area contributed by atoms with Gasteiger partial charge in [-0.25, -0.2) is 4.98 Å². The average Bonchev–Trinajstić information content (AvgIpc) is 2.98. The molecule has 3 nitrogen and oxygen atoms in total. The van der Waals surface area contributed by atoms with Crippen LogP contribution in [0.3, 0.4) is 0 Å². The smallest absolute Gasteiger partial charge is 0.0955 e. The summed E-state index contributed by atoms with van der Waals surface area (Å²) in [4.78, 5) is 4.39. The molecule has 3 heteroatoms. The van der Waals surface area contributed by atoms with Gasteiger partial charge < -0.3 is 10.3 Å². The van der Waals surface area contributed by atoms with Crippen LogP contribution in [-0.4, -0.2) is 16.1 Å². The molecular formula is C13H17N3. The zero-order chi connectivity index (χ0) is 11.2. The molecule has 1 aliphatic carbocycles. The predicted octanol–water partition coefficient (Wildman–Crippen LogP) is 1.85. The van der Waals surface area contributed by atoms with E-state index in [9.17, 15) is 0 Å². The standard InChI is InChI=1S/C13H17N3/c1-16-9-15-11-6-10(2-3-12(11)16)7-13(8-14)4-5-13/h2-3,6,9H,4-5,7-8,14H2,1H3. The van der Waals surface area contributed by atoms with E-state index in [1.54, 1.807) is 0 Å². The molecule has 3 rings (SSSR count). The van der Waals surface area contributed by atoms with Crippen LogP contribution in [0.25, 0.3) is 11.0 Å². The predicted molar refractivity (Wildman–Crippen MR) is 65.1 cm³/mol. The summed E-state index contributed by atoms with van der Waals surface area (Å²) in [6.07, 6.45) is 5.54. The number of hydrogen-bond acceptors (Lipinski definition) is 2. The Morgan fingerprint density at radius 3 is 2.94 bits per heavy atom. The number of aromatic nitrogens is 2. The van der Waals surface area contributed by atoms with Gasteiger partial charge >= 0.3 is 0 Å². The SMILES string of the molecule is Cn1cnc2cc(CC3(CN)CC3)ccc21. The lowest BCUT2D eigenvalue weighted by Crippen LogP contribution is -2.17. The molecule has 2 N–H and O–H groups in total. The summed E-state index contributed by atoms with van der Waals surface area (Å²) in [6.45, 7) is 0.813. The lowest BCUT2D eigenvalue weighted by atomic mass is 9.96. The van der Waals surface area contributed by atoms with Crippen LogP contribution in [0.15, 0.2) is 24.5 Å². The maximum atomic E-state index is 5.81. The topological polar surface area (TPSA) is 43.8 Å². The molecule has 0 aliphatic heterocycles. The van der Waals surface area contributed by atoms with Gasteiger partial charge in [0.2, 0.25) is 0 Å². The average molecular weight is 215 g/mol. The third kappa shape index (κ3) is 1.52. The zero-order valence-electron chi connectivity index (χ0n) is 9.61. The minimum atomic E-state index is 0.405. The molecule has 0 saturated heterocycles. The van der Waals surface area contributed by atoms with Gasteiger partial charge in [0, 0.05) is 7.05 Å². The van der Waals surface area contributed by atoms with Gasteiger partial charge in [-0.2, -0.15) is 0 Å². The molecule has 0 spiro atoms. The Morgan fingerprint density at radius 2 is 2.25 bits per heavy atom. The molecule has 0 radical (unpaired) electrons. The van der Waals surface area contributed by atoms with Crippen molar-refractivity contribution in [2.75, 3.05) is 6.54 Å². The van der Waals surface area contributed by atoms with Gasteiger partial charge in [-0.3, -0.25) is 0 Å². The van der Waals surface area contributed by atoms with E-state index in [1.165, 1.54) is 23.9 Å². The number of aryl methyl sites for hydroxylation is 1. The van der Waals surface area contributed by atoms with Gasteiger partial charge in [0.05, 0.1) is 17.4 Å². The second-order valence-corrected chi connectivity index (χ2v) is 5.06. The maximum Gasteiger partial charge on any atom is 0.0955 e. The van der Waals surface area contributed by atoms with Crippen molar-refractivity contribution in [3.8, 4) is 0 Å². The van der Waals surface area contributed by atoms with E-state index in [4.69, 9.17) is 5.73 Å². The van der Waals surface area contributed by atoms with Crippen LogP contribution in [0, 0.1) is 5.41 Å². The number of nitrogens with two attached hydrogens (primary N) is 1. The summed E-state index contributed by atoms with van der Waals surface area (Å²) in [6, 6.07) is 6.56. The Hall–Kier alpha value is -1.35. The highest BCUT2D eigenvalue weighted by atomic mass is 15.0. The van der Waals surface area contributed by atoms with Crippen LogP contribution in [0.5, 0.6) is 0 Å². The Kier molecular flexibility index (Phi) is 2.04. The molecule has 1 aliphatic rings. The lowest BCUT2D eigenvalue weighted by molar-refractivity contribution is 0.521. The summed E-state index contributed by atoms with van der Waals surface area (Å²) in [5.41, 5.74) is 9.87. The van der Waals surface area contributed by atoms with Gasteiger partial charge in [0.1, 0.15) is 0 Å². The minimum absolute atomic E-state index is 0.405. The molecule has 0 atom stereocenters. The van der Waals surface area contributed by atoms with Crippen LogP contribution in [0.4, 0.5) is 0 Å². The fraction of sp³-hybridized carbons (Fsp3) is 0.462. The fourth-order valence-electron chi connectivity index (χ4n) is 2.35. The first-order valence-corrected chi connectivity index (χ1v) is 5.82. The van der Waals surface area contributed by atoms with Crippen molar-refractivity contribution in [3.05, 3.63) is 30.1 Å². The normalized spacial score (nSPS) is 17.9. The monoisotopic (exact) mass is 215 g/mol. The molecule has 1 fully saturated rings. The first-order valence-electron chi connectivity index (χ1n) is 5.82. The van der Waals surface area contributed by atoms with E-state index in [-0.39, 0.29) is 0 Å². The molecule has 0 unspecified atom stereocenters. The molecule has 1 aromatic heterocycles. The molecule has 2 aromatic rings. The molecule has 16 heavy (non-hydrogen) atoms. The highest BCUT2D eigenvalue weighted by Crippen LogP contribution is 2.47. The third-order valence-electron chi connectivity index (χ3n) is 3.76. The van der Waals surface area contributed by atoms with Crippen molar-refractivity contribution in [2.45, 2.75) is 19.3 Å².